The molecule has 0 radical (unpaired) electrons. The van der Waals surface area contributed by atoms with Crippen molar-refractivity contribution in [3.63, 3.8) is 0 Å². The SMILES string of the molecule is COCCN1CC(COCC2CC2)C2(CCN(Cc3cc(C)on3)CC2)C1.O=C(O)C(F)(F)F.O=C(O)C(F)(F)F. The molecule has 1 saturated carbocycles. The summed E-state index contributed by atoms with van der Waals surface area (Å²) in [6, 6.07) is 2.06. The predicted molar refractivity (Wildman–Crippen MR) is 131 cm³/mol. The number of carboxylic acid groups (broad SMARTS) is 2. The Kier molecular flexibility index (Phi) is 12.9. The molecule has 0 aromatic carbocycles. The lowest BCUT2D eigenvalue weighted by Crippen LogP contribution is -2.45. The summed E-state index contributed by atoms with van der Waals surface area (Å²) >= 11 is 0. The Morgan fingerprint density at radius 2 is 1.61 bits per heavy atom. The number of carboxylic acids is 2. The third-order valence-electron chi connectivity index (χ3n) is 7.26. The van der Waals surface area contributed by atoms with Gasteiger partial charge in [0.2, 0.25) is 0 Å². The maximum Gasteiger partial charge on any atom is 0.490 e. The van der Waals surface area contributed by atoms with Crippen molar-refractivity contribution < 1.29 is 60.1 Å². The predicted octanol–water partition coefficient (Wildman–Crippen LogP) is 3.84. The zero-order chi connectivity index (χ0) is 30.8. The molecule has 1 spiro atoms. The van der Waals surface area contributed by atoms with E-state index in [0.29, 0.717) is 11.3 Å². The van der Waals surface area contributed by atoms with Gasteiger partial charge in [0.15, 0.2) is 0 Å². The Hall–Kier alpha value is -2.43. The minimum atomic E-state index is -5.08. The fourth-order valence-electron chi connectivity index (χ4n) is 4.87. The number of carbonyl (C=O) groups is 2. The number of aryl methyl sites for hydroxylation is 1. The summed E-state index contributed by atoms with van der Waals surface area (Å²) in [6.45, 7) is 11.3. The Morgan fingerprint density at radius 1 is 1.05 bits per heavy atom. The summed E-state index contributed by atoms with van der Waals surface area (Å²) in [5.74, 6) is -3.11. The van der Waals surface area contributed by atoms with Crippen molar-refractivity contribution in [3.8, 4) is 0 Å². The number of piperidine rings is 1. The lowest BCUT2D eigenvalue weighted by Gasteiger charge is -2.42. The van der Waals surface area contributed by atoms with Crippen LogP contribution in [0, 0.1) is 24.2 Å². The number of rotatable bonds is 9. The fourth-order valence-corrected chi connectivity index (χ4v) is 4.87. The minimum Gasteiger partial charge on any atom is -0.475 e. The molecule has 0 bridgehead atoms. The van der Waals surface area contributed by atoms with Crippen LogP contribution in [0.4, 0.5) is 26.3 Å². The van der Waals surface area contributed by atoms with Crippen LogP contribution in [-0.2, 0) is 25.6 Å². The van der Waals surface area contributed by atoms with Crippen LogP contribution in [0.25, 0.3) is 0 Å². The molecule has 2 saturated heterocycles. The van der Waals surface area contributed by atoms with E-state index >= 15 is 0 Å². The topological polar surface area (TPSA) is 126 Å². The van der Waals surface area contributed by atoms with Crippen LogP contribution >= 0.6 is 0 Å². The number of ether oxygens (including phenoxy) is 2. The number of likely N-dealkylation sites (tertiary alicyclic amines) is 2. The number of hydrogen-bond donors (Lipinski definition) is 2. The summed E-state index contributed by atoms with van der Waals surface area (Å²) in [5.41, 5.74) is 1.47. The van der Waals surface area contributed by atoms with Crippen molar-refractivity contribution in [2.75, 3.05) is 59.7 Å². The highest BCUT2D eigenvalue weighted by molar-refractivity contribution is 5.73. The lowest BCUT2D eigenvalue weighted by molar-refractivity contribution is -0.193. The highest BCUT2D eigenvalue weighted by Gasteiger charge is 2.48. The van der Waals surface area contributed by atoms with Gasteiger partial charge in [-0.15, -0.1) is 0 Å². The maximum atomic E-state index is 10.6. The zero-order valence-electron chi connectivity index (χ0n) is 23.0. The summed E-state index contributed by atoms with van der Waals surface area (Å²) in [5, 5.41) is 18.4. The highest BCUT2D eigenvalue weighted by atomic mass is 19.4. The molecule has 1 atom stereocenters. The summed E-state index contributed by atoms with van der Waals surface area (Å²) in [4.78, 5) is 22.9. The van der Waals surface area contributed by atoms with Crippen molar-refractivity contribution in [2.45, 2.75) is 51.5 Å². The van der Waals surface area contributed by atoms with Crippen molar-refractivity contribution in [2.24, 2.45) is 17.3 Å². The highest BCUT2D eigenvalue weighted by Crippen LogP contribution is 2.45. The molecule has 1 unspecified atom stereocenters. The first-order valence-electron chi connectivity index (χ1n) is 13.1. The van der Waals surface area contributed by atoms with E-state index in [1.54, 1.807) is 7.11 Å². The van der Waals surface area contributed by atoms with Gasteiger partial charge in [0, 0.05) is 51.9 Å². The van der Waals surface area contributed by atoms with E-state index in [4.69, 9.17) is 33.8 Å². The van der Waals surface area contributed by atoms with Gasteiger partial charge in [-0.05, 0) is 57.0 Å². The van der Waals surface area contributed by atoms with Gasteiger partial charge in [-0.2, -0.15) is 26.3 Å². The molecule has 2 aliphatic heterocycles. The molecule has 16 heteroatoms. The van der Waals surface area contributed by atoms with Gasteiger partial charge in [0.05, 0.1) is 18.9 Å². The minimum absolute atomic E-state index is 0.410. The molecule has 0 amide bonds. The van der Waals surface area contributed by atoms with E-state index < -0.39 is 24.3 Å². The smallest absolute Gasteiger partial charge is 0.475 e. The van der Waals surface area contributed by atoms with Crippen LogP contribution in [0.3, 0.4) is 0 Å². The molecule has 3 heterocycles. The number of aliphatic carboxylic acids is 2. The van der Waals surface area contributed by atoms with E-state index in [9.17, 15) is 26.3 Å². The monoisotopic (exact) mass is 605 g/mol. The molecule has 2 N–H and O–H groups in total. The molecule has 1 aliphatic carbocycles. The first kappa shape index (κ1) is 34.8. The first-order valence-corrected chi connectivity index (χ1v) is 13.1. The van der Waals surface area contributed by atoms with Gasteiger partial charge in [-0.3, -0.25) is 4.90 Å². The van der Waals surface area contributed by atoms with Crippen LogP contribution in [0.1, 0.15) is 37.1 Å². The third-order valence-corrected chi connectivity index (χ3v) is 7.26. The van der Waals surface area contributed by atoms with Crippen molar-refractivity contribution in [1.82, 2.24) is 15.0 Å². The van der Waals surface area contributed by atoms with Gasteiger partial charge >= 0.3 is 24.3 Å². The molecule has 41 heavy (non-hydrogen) atoms. The number of hydrogen-bond acceptors (Lipinski definition) is 8. The quantitative estimate of drug-likeness (QED) is 0.401. The number of alkyl halides is 6. The largest absolute Gasteiger partial charge is 0.490 e. The van der Waals surface area contributed by atoms with Crippen LogP contribution in [0.5, 0.6) is 0 Å². The molecule has 3 aliphatic rings. The molecular formula is C25H37F6N3O7. The summed E-state index contributed by atoms with van der Waals surface area (Å²) in [6.07, 6.45) is -4.92. The maximum absolute atomic E-state index is 10.6. The standard InChI is InChI=1S/C21H35N3O3.2C2HF3O2/c1-17-11-20(22-27-17)13-23-7-5-21(6-8-23)16-24(9-10-25-2)12-19(21)15-26-14-18-3-4-18;2*3-2(4,5)1(6)7/h11,18-19H,3-10,12-16H2,1-2H3;2*(H,6,7). The zero-order valence-corrected chi connectivity index (χ0v) is 23.0. The lowest BCUT2D eigenvalue weighted by atomic mass is 9.71. The average Bonchev–Trinajstić information content (AvgIpc) is 3.52. The van der Waals surface area contributed by atoms with Gasteiger partial charge < -0.3 is 29.1 Å². The number of halogens is 6. The van der Waals surface area contributed by atoms with E-state index in [0.717, 1.165) is 69.9 Å². The molecule has 10 nitrogen and oxygen atoms in total. The third kappa shape index (κ3) is 12.1. The molecule has 236 valence electrons. The van der Waals surface area contributed by atoms with Crippen LogP contribution in [-0.4, -0.2) is 109 Å². The van der Waals surface area contributed by atoms with Crippen molar-refractivity contribution >= 4 is 11.9 Å². The van der Waals surface area contributed by atoms with Crippen LogP contribution in [0.15, 0.2) is 10.6 Å². The second-order valence-corrected chi connectivity index (χ2v) is 10.6. The molecular weight excluding hydrogens is 568 g/mol. The Labute approximate surface area is 233 Å². The van der Waals surface area contributed by atoms with Crippen LogP contribution < -0.4 is 0 Å². The van der Waals surface area contributed by atoms with E-state index in [1.807, 2.05) is 6.92 Å². The Bertz CT molecular complexity index is 936. The van der Waals surface area contributed by atoms with Gasteiger partial charge in [-0.1, -0.05) is 5.16 Å². The summed E-state index contributed by atoms with van der Waals surface area (Å²) < 4.78 is 80.2. The van der Waals surface area contributed by atoms with E-state index in [1.165, 1.54) is 32.2 Å². The normalized spacial score (nSPS) is 21.1. The van der Waals surface area contributed by atoms with Gasteiger partial charge in [0.25, 0.3) is 0 Å². The second kappa shape index (κ2) is 15.2. The van der Waals surface area contributed by atoms with E-state index in [-0.39, 0.29) is 0 Å². The number of aromatic nitrogens is 1. The summed E-state index contributed by atoms with van der Waals surface area (Å²) in [7, 11) is 1.80. The molecule has 1 aromatic heterocycles. The number of methoxy groups -OCH3 is 1. The van der Waals surface area contributed by atoms with Gasteiger partial charge in [0.1, 0.15) is 5.76 Å². The molecule has 4 rings (SSSR count). The first-order chi connectivity index (χ1) is 19.1. The molecule has 3 fully saturated rings. The average molecular weight is 606 g/mol. The van der Waals surface area contributed by atoms with Crippen molar-refractivity contribution in [1.29, 1.82) is 0 Å². The van der Waals surface area contributed by atoms with Gasteiger partial charge in [-0.25, -0.2) is 9.59 Å². The van der Waals surface area contributed by atoms with Crippen molar-refractivity contribution in [3.05, 3.63) is 17.5 Å². The number of nitrogens with zero attached hydrogens (tertiary/aromatic N) is 3. The second-order valence-electron chi connectivity index (χ2n) is 10.6. The Balaban J connectivity index is 0.000000349. The fraction of sp³-hybridized carbons (Fsp3) is 0.800. The molecule has 1 aromatic rings. The van der Waals surface area contributed by atoms with E-state index in [2.05, 4.69) is 21.0 Å². The van der Waals surface area contributed by atoms with Crippen LogP contribution in [0.2, 0.25) is 0 Å². The Morgan fingerprint density at radius 3 is 2.05 bits per heavy atom.